The lowest BCUT2D eigenvalue weighted by atomic mass is 9.98. The van der Waals surface area contributed by atoms with Crippen LogP contribution in [0.2, 0.25) is 0 Å². The van der Waals surface area contributed by atoms with Gasteiger partial charge in [0.2, 0.25) is 0 Å². The van der Waals surface area contributed by atoms with Crippen LogP contribution >= 0.6 is 0 Å². The quantitative estimate of drug-likeness (QED) is 0.615. The van der Waals surface area contributed by atoms with Crippen molar-refractivity contribution in [2.45, 2.75) is 6.61 Å². The minimum atomic E-state index is 0.414. The summed E-state index contributed by atoms with van der Waals surface area (Å²) < 4.78 is 11.3. The third-order valence-corrected chi connectivity index (χ3v) is 3.82. The van der Waals surface area contributed by atoms with Crippen LogP contribution in [0.4, 0.5) is 0 Å². The van der Waals surface area contributed by atoms with Gasteiger partial charge < -0.3 is 9.47 Å². The molecule has 0 unspecified atom stereocenters. The number of para-hydroxylation sites is 1. The second kappa shape index (κ2) is 7.47. The summed E-state index contributed by atoms with van der Waals surface area (Å²) in [6, 6.07) is 23.1. The number of aldehydes is 1. The third kappa shape index (κ3) is 3.30. The highest BCUT2D eigenvalue weighted by molar-refractivity contribution is 5.92. The van der Waals surface area contributed by atoms with Crippen LogP contribution in [0.25, 0.3) is 11.1 Å². The summed E-state index contributed by atoms with van der Waals surface area (Å²) in [4.78, 5) is 11.7. The number of benzene rings is 3. The van der Waals surface area contributed by atoms with Crippen LogP contribution < -0.4 is 9.47 Å². The minimum absolute atomic E-state index is 0.414. The molecular weight excluding hydrogens is 300 g/mol. The van der Waals surface area contributed by atoms with E-state index in [1.807, 2.05) is 72.8 Å². The number of methoxy groups -OCH3 is 1. The van der Waals surface area contributed by atoms with Crippen LogP contribution in [0.5, 0.6) is 11.5 Å². The Morgan fingerprint density at radius 3 is 2.21 bits per heavy atom. The summed E-state index contributed by atoms with van der Waals surface area (Å²) in [5.74, 6) is 1.29. The van der Waals surface area contributed by atoms with E-state index >= 15 is 0 Å². The Kier molecular flexibility index (Phi) is 4.92. The zero-order chi connectivity index (χ0) is 16.8. The molecule has 3 heteroatoms. The summed E-state index contributed by atoms with van der Waals surface area (Å²) in [5, 5.41) is 0. The third-order valence-electron chi connectivity index (χ3n) is 3.82. The maximum absolute atomic E-state index is 11.7. The van der Waals surface area contributed by atoms with Crippen LogP contribution in [0.3, 0.4) is 0 Å². The fraction of sp³-hybridized carbons (Fsp3) is 0.0952. The van der Waals surface area contributed by atoms with E-state index < -0.39 is 0 Å². The van der Waals surface area contributed by atoms with Crippen LogP contribution in [0, 0.1) is 0 Å². The van der Waals surface area contributed by atoms with Gasteiger partial charge in [-0.15, -0.1) is 0 Å². The van der Waals surface area contributed by atoms with Crippen molar-refractivity contribution in [3.63, 3.8) is 0 Å². The van der Waals surface area contributed by atoms with Gasteiger partial charge >= 0.3 is 0 Å². The summed E-state index contributed by atoms with van der Waals surface area (Å²) in [6.45, 7) is 0.414. The molecule has 0 spiro atoms. The smallest absolute Gasteiger partial charge is 0.154 e. The molecule has 0 aliphatic carbocycles. The van der Waals surface area contributed by atoms with Crippen LogP contribution in [-0.2, 0) is 6.61 Å². The lowest BCUT2D eigenvalue weighted by Gasteiger charge is -2.14. The Morgan fingerprint density at radius 1 is 0.792 bits per heavy atom. The fourth-order valence-corrected chi connectivity index (χ4v) is 2.63. The number of ether oxygens (including phenoxy) is 2. The van der Waals surface area contributed by atoms with Crippen LogP contribution in [-0.4, -0.2) is 13.4 Å². The van der Waals surface area contributed by atoms with Gasteiger partial charge in [0, 0.05) is 5.56 Å². The molecule has 120 valence electrons. The summed E-state index contributed by atoms with van der Waals surface area (Å²) in [7, 11) is 1.62. The van der Waals surface area contributed by atoms with Crippen molar-refractivity contribution in [2.24, 2.45) is 0 Å². The van der Waals surface area contributed by atoms with Crippen molar-refractivity contribution in [3.8, 4) is 22.6 Å². The molecule has 0 saturated heterocycles. The fourth-order valence-electron chi connectivity index (χ4n) is 2.63. The number of hydrogen-bond donors (Lipinski definition) is 0. The molecule has 0 amide bonds. The molecule has 0 saturated carbocycles. The zero-order valence-corrected chi connectivity index (χ0v) is 13.4. The van der Waals surface area contributed by atoms with Gasteiger partial charge in [-0.25, -0.2) is 0 Å². The predicted octanol–water partition coefficient (Wildman–Crippen LogP) is 4.75. The normalized spacial score (nSPS) is 10.2. The highest BCUT2D eigenvalue weighted by Gasteiger charge is 2.14. The molecule has 0 heterocycles. The van der Waals surface area contributed by atoms with Crippen molar-refractivity contribution in [3.05, 3.63) is 83.9 Å². The molecule has 0 atom stereocenters. The SMILES string of the molecule is COc1ccccc1-c1cccc(OCc2ccccc2)c1C=O. The second-order valence-corrected chi connectivity index (χ2v) is 5.31. The Bertz CT molecular complexity index is 825. The van der Waals surface area contributed by atoms with E-state index in [0.29, 0.717) is 17.9 Å². The van der Waals surface area contributed by atoms with Crippen molar-refractivity contribution in [1.82, 2.24) is 0 Å². The number of carbonyl (C=O) groups is 1. The minimum Gasteiger partial charge on any atom is -0.496 e. The molecule has 3 rings (SSSR count). The molecule has 0 N–H and O–H groups in total. The standard InChI is InChI=1S/C21H18O3/c1-23-20-12-6-5-10-18(20)17-11-7-13-21(19(17)14-22)24-15-16-8-3-2-4-9-16/h2-14H,15H2,1H3. The van der Waals surface area contributed by atoms with Crippen molar-refractivity contribution >= 4 is 6.29 Å². The Hall–Kier alpha value is -3.07. The topological polar surface area (TPSA) is 35.5 Å². The molecule has 0 aliphatic rings. The van der Waals surface area contributed by atoms with E-state index in [9.17, 15) is 4.79 Å². The van der Waals surface area contributed by atoms with Gasteiger partial charge in [-0.1, -0.05) is 60.7 Å². The molecule has 3 aromatic rings. The van der Waals surface area contributed by atoms with E-state index in [2.05, 4.69) is 0 Å². The van der Waals surface area contributed by atoms with Crippen LogP contribution in [0.15, 0.2) is 72.8 Å². The van der Waals surface area contributed by atoms with Gasteiger partial charge in [-0.3, -0.25) is 4.79 Å². The number of rotatable bonds is 6. The maximum atomic E-state index is 11.7. The maximum Gasteiger partial charge on any atom is 0.154 e. The lowest BCUT2D eigenvalue weighted by Crippen LogP contribution is -2.00. The van der Waals surface area contributed by atoms with E-state index in [-0.39, 0.29) is 0 Å². The Balaban J connectivity index is 1.96. The molecule has 24 heavy (non-hydrogen) atoms. The van der Waals surface area contributed by atoms with Gasteiger partial charge in [0.25, 0.3) is 0 Å². The summed E-state index contributed by atoms with van der Waals surface area (Å²) in [5.41, 5.74) is 3.25. The molecule has 3 aromatic carbocycles. The van der Waals surface area contributed by atoms with Gasteiger partial charge in [0.05, 0.1) is 12.7 Å². The van der Waals surface area contributed by atoms with Crippen LogP contribution in [0.1, 0.15) is 15.9 Å². The summed E-state index contributed by atoms with van der Waals surface area (Å²) in [6.07, 6.45) is 0.835. The van der Waals surface area contributed by atoms with E-state index in [1.165, 1.54) is 0 Å². The van der Waals surface area contributed by atoms with E-state index in [4.69, 9.17) is 9.47 Å². The molecule has 3 nitrogen and oxygen atoms in total. The first-order valence-corrected chi connectivity index (χ1v) is 7.72. The average Bonchev–Trinajstić information content (AvgIpc) is 2.66. The molecule has 0 radical (unpaired) electrons. The average molecular weight is 318 g/mol. The largest absolute Gasteiger partial charge is 0.496 e. The first-order valence-electron chi connectivity index (χ1n) is 7.72. The molecule has 0 bridgehead atoms. The monoisotopic (exact) mass is 318 g/mol. The Morgan fingerprint density at radius 2 is 1.46 bits per heavy atom. The Labute approximate surface area is 141 Å². The number of hydrogen-bond acceptors (Lipinski definition) is 3. The van der Waals surface area contributed by atoms with Crippen molar-refractivity contribution in [1.29, 1.82) is 0 Å². The first-order chi connectivity index (χ1) is 11.8. The zero-order valence-electron chi connectivity index (χ0n) is 13.4. The van der Waals surface area contributed by atoms with Crippen molar-refractivity contribution in [2.75, 3.05) is 7.11 Å². The molecule has 0 aliphatic heterocycles. The lowest BCUT2D eigenvalue weighted by molar-refractivity contribution is 0.111. The van der Waals surface area contributed by atoms with Gasteiger partial charge in [0.15, 0.2) is 6.29 Å². The molecule has 0 fully saturated rings. The number of carbonyl (C=O) groups excluding carboxylic acids is 1. The van der Waals surface area contributed by atoms with E-state index in [0.717, 1.165) is 28.7 Å². The van der Waals surface area contributed by atoms with Gasteiger partial charge in [-0.2, -0.15) is 0 Å². The first kappa shape index (κ1) is 15.8. The highest BCUT2D eigenvalue weighted by Crippen LogP contribution is 2.35. The second-order valence-electron chi connectivity index (χ2n) is 5.31. The highest BCUT2D eigenvalue weighted by atomic mass is 16.5. The van der Waals surface area contributed by atoms with E-state index in [1.54, 1.807) is 7.11 Å². The molecule has 0 aromatic heterocycles. The van der Waals surface area contributed by atoms with Gasteiger partial charge in [-0.05, 0) is 23.3 Å². The molecular formula is C21H18O3. The van der Waals surface area contributed by atoms with Crippen molar-refractivity contribution < 1.29 is 14.3 Å². The predicted molar refractivity (Wildman–Crippen MR) is 94.6 cm³/mol. The summed E-state index contributed by atoms with van der Waals surface area (Å²) >= 11 is 0. The van der Waals surface area contributed by atoms with Gasteiger partial charge in [0.1, 0.15) is 18.1 Å².